The topological polar surface area (TPSA) is 102 Å². The Labute approximate surface area is 124 Å². The van der Waals surface area contributed by atoms with E-state index in [1.807, 2.05) is 6.92 Å². The van der Waals surface area contributed by atoms with Crippen molar-refractivity contribution in [3.05, 3.63) is 40.7 Å². The van der Waals surface area contributed by atoms with Gasteiger partial charge in [-0.1, -0.05) is 13.3 Å². The second-order valence-electron chi connectivity index (χ2n) is 4.52. The normalized spacial score (nSPS) is 11.1. The molecule has 0 aliphatic carbocycles. The summed E-state index contributed by atoms with van der Waals surface area (Å²) in [6.07, 6.45) is 6.85. The summed E-state index contributed by atoms with van der Waals surface area (Å²) in [4.78, 5) is 27.3. The number of nitrogens with zero attached hydrogens (tertiary/aromatic N) is 4. The lowest BCUT2D eigenvalue weighted by Crippen LogP contribution is -2.10. The maximum atomic E-state index is 11.7. The average molecular weight is 302 g/mol. The van der Waals surface area contributed by atoms with E-state index in [0.717, 1.165) is 18.5 Å². The zero-order valence-electron chi connectivity index (χ0n) is 11.4. The first kappa shape index (κ1) is 13.6. The standard InChI is InChI=1S/C13H14N6OS/c1-2-3-8-6-10(20)18-13(16-8)21-12-11-15-4-5-19(11)7-9(14)17-12/h4-7H,2-3,14H2,1H3,(H,16,18,20). The van der Waals surface area contributed by atoms with Gasteiger partial charge < -0.3 is 15.1 Å². The van der Waals surface area contributed by atoms with Crippen LogP contribution in [-0.4, -0.2) is 24.3 Å². The molecule has 3 aromatic heterocycles. The molecule has 0 amide bonds. The van der Waals surface area contributed by atoms with Crippen molar-refractivity contribution in [2.45, 2.75) is 29.9 Å². The first-order valence-corrected chi connectivity index (χ1v) is 7.34. The fraction of sp³-hybridized carbons (Fsp3) is 0.231. The number of aromatic nitrogens is 5. The number of fused-ring (bicyclic) bond motifs is 1. The number of aryl methyl sites for hydroxylation is 1. The lowest BCUT2D eigenvalue weighted by molar-refractivity contribution is 0.815. The van der Waals surface area contributed by atoms with Crippen LogP contribution in [0.4, 0.5) is 5.82 Å². The van der Waals surface area contributed by atoms with E-state index in [9.17, 15) is 4.79 Å². The van der Waals surface area contributed by atoms with Gasteiger partial charge in [0.2, 0.25) is 0 Å². The molecule has 3 N–H and O–H groups in total. The molecule has 0 aliphatic heterocycles. The highest BCUT2D eigenvalue weighted by Crippen LogP contribution is 2.26. The van der Waals surface area contributed by atoms with Gasteiger partial charge in [-0.2, -0.15) is 0 Å². The van der Waals surface area contributed by atoms with Crippen molar-refractivity contribution < 1.29 is 0 Å². The van der Waals surface area contributed by atoms with Crippen molar-refractivity contribution >= 4 is 23.2 Å². The fourth-order valence-corrected chi connectivity index (χ4v) is 2.90. The maximum absolute atomic E-state index is 11.7. The molecule has 3 rings (SSSR count). The molecule has 108 valence electrons. The highest BCUT2D eigenvalue weighted by atomic mass is 32.2. The molecule has 0 atom stereocenters. The molecule has 0 radical (unpaired) electrons. The van der Waals surface area contributed by atoms with Gasteiger partial charge in [0.05, 0.1) is 6.20 Å². The number of nitrogens with one attached hydrogen (secondary N) is 1. The summed E-state index contributed by atoms with van der Waals surface area (Å²) < 4.78 is 1.79. The van der Waals surface area contributed by atoms with Gasteiger partial charge in [-0.05, 0) is 18.2 Å². The van der Waals surface area contributed by atoms with Crippen molar-refractivity contribution in [3.8, 4) is 0 Å². The maximum Gasteiger partial charge on any atom is 0.251 e. The van der Waals surface area contributed by atoms with Gasteiger partial charge in [-0.25, -0.2) is 15.0 Å². The predicted octanol–water partition coefficient (Wildman–Crippen LogP) is 1.50. The molecule has 0 aromatic carbocycles. The lowest BCUT2D eigenvalue weighted by Gasteiger charge is -2.05. The third-order valence-corrected chi connectivity index (χ3v) is 3.69. The first-order chi connectivity index (χ1) is 10.2. The minimum Gasteiger partial charge on any atom is -0.382 e. The van der Waals surface area contributed by atoms with Crippen LogP contribution in [0.25, 0.3) is 5.65 Å². The number of aromatic amines is 1. The van der Waals surface area contributed by atoms with E-state index in [-0.39, 0.29) is 5.56 Å². The molecule has 0 aliphatic rings. The summed E-state index contributed by atoms with van der Waals surface area (Å²) in [5.74, 6) is 0.384. The van der Waals surface area contributed by atoms with Gasteiger partial charge in [0.15, 0.2) is 10.8 Å². The molecular formula is C13H14N6OS. The number of H-pyrrole nitrogens is 1. The molecule has 0 saturated heterocycles. The van der Waals surface area contributed by atoms with Gasteiger partial charge in [-0.3, -0.25) is 4.79 Å². The second kappa shape index (κ2) is 5.57. The van der Waals surface area contributed by atoms with E-state index in [1.54, 1.807) is 23.0 Å². The summed E-state index contributed by atoms with van der Waals surface area (Å²) in [6, 6.07) is 1.52. The summed E-state index contributed by atoms with van der Waals surface area (Å²) in [7, 11) is 0. The number of hydrogen-bond donors (Lipinski definition) is 2. The molecule has 0 bridgehead atoms. The highest BCUT2D eigenvalue weighted by Gasteiger charge is 2.10. The van der Waals surface area contributed by atoms with Crippen LogP contribution < -0.4 is 11.3 Å². The second-order valence-corrected chi connectivity index (χ2v) is 5.50. The average Bonchev–Trinajstić information content (AvgIpc) is 2.86. The van der Waals surface area contributed by atoms with Crippen LogP contribution in [0.1, 0.15) is 19.0 Å². The number of anilines is 1. The zero-order valence-corrected chi connectivity index (χ0v) is 12.2. The molecule has 21 heavy (non-hydrogen) atoms. The Hall–Kier alpha value is -2.35. The van der Waals surface area contributed by atoms with E-state index in [4.69, 9.17) is 5.73 Å². The Balaban J connectivity index is 2.02. The Kier molecular flexibility index (Phi) is 3.61. The van der Waals surface area contributed by atoms with Crippen LogP contribution in [0, 0.1) is 0 Å². The van der Waals surface area contributed by atoms with Crippen LogP contribution in [0.3, 0.4) is 0 Å². The molecular weight excluding hydrogens is 288 g/mol. The summed E-state index contributed by atoms with van der Waals surface area (Å²) in [5.41, 5.74) is 7.06. The Morgan fingerprint density at radius 1 is 1.43 bits per heavy atom. The minimum absolute atomic E-state index is 0.167. The zero-order chi connectivity index (χ0) is 14.8. The smallest absolute Gasteiger partial charge is 0.251 e. The van der Waals surface area contributed by atoms with Crippen LogP contribution in [-0.2, 0) is 6.42 Å². The quantitative estimate of drug-likeness (QED) is 0.708. The summed E-state index contributed by atoms with van der Waals surface area (Å²) in [5, 5.41) is 1.10. The van der Waals surface area contributed by atoms with Gasteiger partial charge in [-0.15, -0.1) is 0 Å². The van der Waals surface area contributed by atoms with Gasteiger partial charge in [0.25, 0.3) is 5.56 Å². The third-order valence-electron chi connectivity index (χ3n) is 2.83. The van der Waals surface area contributed by atoms with Crippen LogP contribution in [0.15, 0.2) is 39.6 Å². The molecule has 3 aromatic rings. The van der Waals surface area contributed by atoms with Crippen molar-refractivity contribution in [1.82, 2.24) is 24.3 Å². The molecule has 0 saturated carbocycles. The number of nitrogen functional groups attached to an aromatic ring is 1. The predicted molar refractivity (Wildman–Crippen MR) is 80.4 cm³/mol. The molecule has 0 fully saturated rings. The molecule has 3 heterocycles. The summed E-state index contributed by atoms with van der Waals surface area (Å²) in [6.45, 7) is 2.04. The number of rotatable bonds is 4. The largest absolute Gasteiger partial charge is 0.382 e. The van der Waals surface area contributed by atoms with Gasteiger partial charge in [0.1, 0.15) is 10.8 Å². The van der Waals surface area contributed by atoms with Crippen molar-refractivity contribution in [1.29, 1.82) is 0 Å². The third kappa shape index (κ3) is 2.89. The molecule has 0 spiro atoms. The van der Waals surface area contributed by atoms with Crippen LogP contribution in [0.5, 0.6) is 0 Å². The Morgan fingerprint density at radius 3 is 3.10 bits per heavy atom. The molecule has 7 nitrogen and oxygen atoms in total. The SMILES string of the molecule is CCCc1cc(=O)[nH]c(Sc2nc(N)cn3ccnc23)n1. The monoisotopic (exact) mass is 302 g/mol. The van der Waals surface area contributed by atoms with E-state index in [0.29, 0.717) is 21.6 Å². The van der Waals surface area contributed by atoms with Crippen LogP contribution in [0.2, 0.25) is 0 Å². The van der Waals surface area contributed by atoms with Crippen molar-refractivity contribution in [2.24, 2.45) is 0 Å². The van der Waals surface area contributed by atoms with E-state index < -0.39 is 0 Å². The van der Waals surface area contributed by atoms with Crippen LogP contribution >= 0.6 is 11.8 Å². The highest BCUT2D eigenvalue weighted by molar-refractivity contribution is 7.99. The number of nitrogens with two attached hydrogens (primary N) is 1. The number of hydrogen-bond acceptors (Lipinski definition) is 6. The van der Waals surface area contributed by atoms with Gasteiger partial charge in [0, 0.05) is 24.2 Å². The van der Waals surface area contributed by atoms with Gasteiger partial charge >= 0.3 is 0 Å². The minimum atomic E-state index is -0.167. The number of imidazole rings is 1. The Morgan fingerprint density at radius 2 is 2.29 bits per heavy atom. The van der Waals surface area contributed by atoms with E-state index in [1.165, 1.54) is 17.8 Å². The molecule has 8 heteroatoms. The van der Waals surface area contributed by atoms with Crippen molar-refractivity contribution in [3.63, 3.8) is 0 Å². The first-order valence-electron chi connectivity index (χ1n) is 6.53. The van der Waals surface area contributed by atoms with E-state index >= 15 is 0 Å². The molecule has 0 unspecified atom stereocenters. The fourth-order valence-electron chi connectivity index (χ4n) is 2.00. The Bertz CT molecular complexity index is 840. The lowest BCUT2D eigenvalue weighted by atomic mass is 10.2. The summed E-state index contributed by atoms with van der Waals surface area (Å²) >= 11 is 1.25. The van der Waals surface area contributed by atoms with Crippen molar-refractivity contribution in [2.75, 3.05) is 5.73 Å². The van der Waals surface area contributed by atoms with E-state index in [2.05, 4.69) is 19.9 Å².